The molecule has 2 aromatic rings. The Morgan fingerprint density at radius 2 is 1.93 bits per heavy atom. The van der Waals surface area contributed by atoms with E-state index in [-0.39, 0.29) is 17.4 Å². The summed E-state index contributed by atoms with van der Waals surface area (Å²) in [5, 5.41) is 10.7. The lowest BCUT2D eigenvalue weighted by molar-refractivity contribution is 0.0699. The van der Waals surface area contributed by atoms with Gasteiger partial charge in [0, 0.05) is 17.4 Å². The molecule has 2 nitrogen and oxygen atoms in total. The minimum Gasteiger partial charge on any atom is -0.478 e. The van der Waals surface area contributed by atoms with Crippen molar-refractivity contribution in [2.75, 3.05) is 0 Å². The second-order valence-corrected chi connectivity index (χ2v) is 3.34. The van der Waals surface area contributed by atoms with E-state index in [1.165, 1.54) is 0 Å². The SMILES string of the molecule is Cc1ccc2cccc(C(=O)O)c2c1.[Al]. The first-order valence-corrected chi connectivity index (χ1v) is 4.41. The molecule has 0 unspecified atom stereocenters. The van der Waals surface area contributed by atoms with E-state index in [0.29, 0.717) is 5.56 Å². The zero-order valence-corrected chi connectivity index (χ0v) is 9.55. The van der Waals surface area contributed by atoms with Gasteiger partial charge in [0.25, 0.3) is 0 Å². The number of carboxylic acid groups (broad SMARTS) is 1. The van der Waals surface area contributed by atoms with Crippen molar-refractivity contribution >= 4 is 34.1 Å². The van der Waals surface area contributed by atoms with Gasteiger partial charge in [-0.1, -0.05) is 35.9 Å². The Balaban J connectivity index is 0.00000112. The first-order chi connectivity index (χ1) is 6.68. The highest BCUT2D eigenvalue weighted by Crippen LogP contribution is 2.20. The van der Waals surface area contributed by atoms with Crippen LogP contribution < -0.4 is 0 Å². The summed E-state index contributed by atoms with van der Waals surface area (Å²) in [6.45, 7) is 1.96. The van der Waals surface area contributed by atoms with Gasteiger partial charge < -0.3 is 5.11 Å². The summed E-state index contributed by atoms with van der Waals surface area (Å²) in [6, 6.07) is 11.1. The van der Waals surface area contributed by atoms with E-state index < -0.39 is 5.97 Å². The van der Waals surface area contributed by atoms with Gasteiger partial charge in [-0.3, -0.25) is 0 Å². The second-order valence-electron chi connectivity index (χ2n) is 3.34. The maximum absolute atomic E-state index is 10.9. The van der Waals surface area contributed by atoms with Gasteiger partial charge in [-0.2, -0.15) is 0 Å². The van der Waals surface area contributed by atoms with E-state index in [9.17, 15) is 4.79 Å². The Bertz CT molecular complexity index is 506. The highest BCUT2D eigenvalue weighted by molar-refractivity contribution is 6.03. The Morgan fingerprint density at radius 1 is 1.20 bits per heavy atom. The quantitative estimate of drug-likeness (QED) is 0.739. The Labute approximate surface area is 98.7 Å². The lowest BCUT2D eigenvalue weighted by atomic mass is 10.0. The summed E-state index contributed by atoms with van der Waals surface area (Å²) in [7, 11) is 0. The van der Waals surface area contributed by atoms with Crippen molar-refractivity contribution in [2.24, 2.45) is 0 Å². The van der Waals surface area contributed by atoms with Crippen LogP contribution >= 0.6 is 0 Å². The van der Waals surface area contributed by atoms with Crippen molar-refractivity contribution in [1.82, 2.24) is 0 Å². The van der Waals surface area contributed by atoms with Gasteiger partial charge in [0.15, 0.2) is 0 Å². The van der Waals surface area contributed by atoms with Gasteiger partial charge in [0.2, 0.25) is 0 Å². The molecule has 0 aliphatic carbocycles. The predicted octanol–water partition coefficient (Wildman–Crippen LogP) is 2.47. The van der Waals surface area contributed by atoms with Crippen LogP contribution in [0.15, 0.2) is 36.4 Å². The van der Waals surface area contributed by atoms with Crippen LogP contribution in [0.4, 0.5) is 0 Å². The van der Waals surface area contributed by atoms with Crippen molar-refractivity contribution in [3.63, 3.8) is 0 Å². The predicted molar refractivity (Wildman–Crippen MR) is 61.4 cm³/mol. The van der Waals surface area contributed by atoms with Crippen LogP contribution in [-0.4, -0.2) is 28.4 Å². The summed E-state index contributed by atoms with van der Waals surface area (Å²) >= 11 is 0. The first kappa shape index (κ1) is 11.8. The van der Waals surface area contributed by atoms with Gasteiger partial charge >= 0.3 is 5.97 Å². The average molecular weight is 213 g/mol. The topological polar surface area (TPSA) is 37.3 Å². The molecule has 0 bridgehead atoms. The number of carboxylic acids is 1. The van der Waals surface area contributed by atoms with E-state index in [4.69, 9.17) is 5.11 Å². The molecule has 0 fully saturated rings. The molecular formula is C12H10AlO2. The third kappa shape index (κ3) is 2.20. The van der Waals surface area contributed by atoms with Gasteiger partial charge in [0.1, 0.15) is 0 Å². The largest absolute Gasteiger partial charge is 0.478 e. The number of carbonyl (C=O) groups is 1. The summed E-state index contributed by atoms with van der Waals surface area (Å²) in [6.07, 6.45) is 0. The molecule has 73 valence electrons. The van der Waals surface area contributed by atoms with Crippen molar-refractivity contribution < 1.29 is 9.90 Å². The lowest BCUT2D eigenvalue weighted by Gasteiger charge is -2.02. The fraction of sp³-hybridized carbons (Fsp3) is 0.0833. The highest BCUT2D eigenvalue weighted by Gasteiger charge is 2.06. The van der Waals surface area contributed by atoms with Crippen LogP contribution in [0, 0.1) is 6.92 Å². The first-order valence-electron chi connectivity index (χ1n) is 4.41. The molecule has 0 aliphatic heterocycles. The number of hydrogen-bond donors (Lipinski definition) is 1. The van der Waals surface area contributed by atoms with E-state index in [1.54, 1.807) is 12.1 Å². The van der Waals surface area contributed by atoms with Gasteiger partial charge in [-0.15, -0.1) is 0 Å². The summed E-state index contributed by atoms with van der Waals surface area (Å²) in [5.74, 6) is -0.874. The van der Waals surface area contributed by atoms with E-state index in [0.717, 1.165) is 16.3 Å². The Kier molecular flexibility index (Phi) is 3.52. The molecule has 3 heteroatoms. The summed E-state index contributed by atoms with van der Waals surface area (Å²) in [5.41, 5.74) is 1.44. The Morgan fingerprint density at radius 3 is 2.60 bits per heavy atom. The molecule has 0 atom stereocenters. The summed E-state index contributed by atoms with van der Waals surface area (Å²) in [4.78, 5) is 10.9. The number of benzene rings is 2. The van der Waals surface area contributed by atoms with Crippen LogP contribution in [-0.2, 0) is 0 Å². The van der Waals surface area contributed by atoms with Crippen LogP contribution in [0.3, 0.4) is 0 Å². The molecule has 0 aliphatic rings. The molecule has 2 aromatic carbocycles. The molecule has 0 heterocycles. The minimum atomic E-state index is -0.874. The molecule has 0 saturated carbocycles. The third-order valence-corrected chi connectivity index (χ3v) is 2.27. The minimum absolute atomic E-state index is 0. The maximum Gasteiger partial charge on any atom is 0.336 e. The molecule has 2 rings (SSSR count). The fourth-order valence-corrected chi connectivity index (χ4v) is 1.57. The normalized spacial score (nSPS) is 9.67. The monoisotopic (exact) mass is 213 g/mol. The average Bonchev–Trinajstić information content (AvgIpc) is 2.16. The highest BCUT2D eigenvalue weighted by atomic mass is 27.0. The van der Waals surface area contributed by atoms with Gasteiger partial charge in [-0.25, -0.2) is 4.79 Å². The molecule has 1 N–H and O–H groups in total. The van der Waals surface area contributed by atoms with Crippen LogP contribution in [0.25, 0.3) is 10.8 Å². The van der Waals surface area contributed by atoms with Crippen molar-refractivity contribution in [3.05, 3.63) is 47.5 Å². The van der Waals surface area contributed by atoms with Crippen molar-refractivity contribution in [3.8, 4) is 0 Å². The number of fused-ring (bicyclic) bond motifs is 1. The number of aromatic carboxylic acids is 1. The lowest BCUT2D eigenvalue weighted by Crippen LogP contribution is -1.96. The van der Waals surface area contributed by atoms with Crippen molar-refractivity contribution in [2.45, 2.75) is 6.92 Å². The summed E-state index contributed by atoms with van der Waals surface area (Å²) < 4.78 is 0. The van der Waals surface area contributed by atoms with E-state index >= 15 is 0 Å². The molecule has 15 heavy (non-hydrogen) atoms. The smallest absolute Gasteiger partial charge is 0.336 e. The fourth-order valence-electron chi connectivity index (χ4n) is 1.57. The van der Waals surface area contributed by atoms with Crippen molar-refractivity contribution in [1.29, 1.82) is 0 Å². The standard InChI is InChI=1S/C12H10O2.Al/c1-8-5-6-9-3-2-4-10(12(13)14)11(9)7-8;/h2-7H,1H3,(H,13,14);. The van der Waals surface area contributed by atoms with Gasteiger partial charge in [-0.05, 0) is 23.8 Å². The Hall–Kier alpha value is -1.30. The maximum atomic E-state index is 10.9. The van der Waals surface area contributed by atoms with Crippen LogP contribution in [0.5, 0.6) is 0 Å². The second kappa shape index (κ2) is 4.48. The zero-order valence-electron chi connectivity index (χ0n) is 8.40. The molecular weight excluding hydrogens is 203 g/mol. The molecule has 0 spiro atoms. The molecule has 3 radical (unpaired) electrons. The van der Waals surface area contributed by atoms with Gasteiger partial charge in [0.05, 0.1) is 5.56 Å². The molecule has 0 amide bonds. The van der Waals surface area contributed by atoms with E-state index in [2.05, 4.69) is 0 Å². The van der Waals surface area contributed by atoms with E-state index in [1.807, 2.05) is 31.2 Å². The number of rotatable bonds is 1. The molecule has 0 saturated heterocycles. The van der Waals surface area contributed by atoms with Crippen LogP contribution in [0.1, 0.15) is 15.9 Å². The van der Waals surface area contributed by atoms with Crippen LogP contribution in [0.2, 0.25) is 0 Å². The number of hydrogen-bond acceptors (Lipinski definition) is 1. The third-order valence-electron chi connectivity index (χ3n) is 2.27. The zero-order chi connectivity index (χ0) is 10.1. The molecule has 0 aromatic heterocycles. The number of aryl methyl sites for hydroxylation is 1.